The van der Waals surface area contributed by atoms with Crippen LogP contribution in [0, 0.1) is 10.1 Å². The fraction of sp³-hybridized carbons (Fsp3) is 0.105. The molecule has 4 aromatic rings. The van der Waals surface area contributed by atoms with Crippen LogP contribution in [0.15, 0.2) is 67.0 Å². The third kappa shape index (κ3) is 3.02. The Morgan fingerprint density at radius 2 is 1.81 bits per heavy atom. The smallest absolute Gasteiger partial charge is 0.271 e. The van der Waals surface area contributed by atoms with Crippen LogP contribution in [0.25, 0.3) is 22.6 Å². The molecule has 1 aromatic carbocycles. The van der Waals surface area contributed by atoms with Gasteiger partial charge in [0.25, 0.3) is 5.69 Å². The molecule has 0 radical (unpaired) electrons. The Kier molecular flexibility index (Phi) is 4.10. The molecule has 0 amide bonds. The molecule has 0 aliphatic carbocycles. The summed E-state index contributed by atoms with van der Waals surface area (Å²) >= 11 is 0. The first-order valence-electron chi connectivity index (χ1n) is 8.18. The van der Waals surface area contributed by atoms with E-state index in [0.29, 0.717) is 17.9 Å². The molecule has 0 unspecified atom stereocenters. The number of fused-ring (bicyclic) bond motifs is 1. The van der Waals surface area contributed by atoms with Gasteiger partial charge in [-0.05, 0) is 30.3 Å². The normalized spacial score (nSPS) is 10.9. The number of hydrogen-bond donors (Lipinski definition) is 0. The highest BCUT2D eigenvalue weighted by molar-refractivity contribution is 5.82. The van der Waals surface area contributed by atoms with Gasteiger partial charge in [0.15, 0.2) is 5.82 Å². The van der Waals surface area contributed by atoms with Crippen LogP contribution >= 0.6 is 0 Å². The molecule has 3 aromatic heterocycles. The maximum absolute atomic E-state index is 11.1. The Balaban J connectivity index is 1.80. The number of nitrogens with zero attached hydrogens (tertiary/aromatic N) is 5. The van der Waals surface area contributed by atoms with Crippen LogP contribution in [-0.4, -0.2) is 24.4 Å². The van der Waals surface area contributed by atoms with Crippen molar-refractivity contribution in [3.05, 3.63) is 82.8 Å². The monoisotopic (exact) mass is 345 g/mol. The molecule has 0 saturated carbocycles. The third-order valence-corrected chi connectivity index (χ3v) is 4.15. The van der Waals surface area contributed by atoms with Crippen molar-refractivity contribution >= 4 is 16.7 Å². The minimum Gasteiger partial charge on any atom is -0.322 e. The van der Waals surface area contributed by atoms with Crippen molar-refractivity contribution in [2.75, 3.05) is 0 Å². The van der Waals surface area contributed by atoms with E-state index < -0.39 is 4.92 Å². The maximum Gasteiger partial charge on any atom is 0.271 e. The van der Waals surface area contributed by atoms with Gasteiger partial charge in [-0.1, -0.05) is 12.1 Å². The van der Waals surface area contributed by atoms with Crippen molar-refractivity contribution in [1.82, 2.24) is 19.5 Å². The lowest BCUT2D eigenvalue weighted by atomic mass is 10.2. The largest absolute Gasteiger partial charge is 0.322 e. The summed E-state index contributed by atoms with van der Waals surface area (Å²) in [7, 11) is 0. The van der Waals surface area contributed by atoms with Crippen LogP contribution in [-0.2, 0) is 13.0 Å². The van der Waals surface area contributed by atoms with Gasteiger partial charge in [-0.2, -0.15) is 0 Å². The van der Waals surface area contributed by atoms with Gasteiger partial charge in [-0.15, -0.1) is 0 Å². The maximum atomic E-state index is 11.1. The number of pyridine rings is 2. The summed E-state index contributed by atoms with van der Waals surface area (Å²) < 4.78 is 2.04. The SMILES string of the molecule is O=[N+]([O-])c1ccc2c(c1)nc(-c1ccccn1)n2CCc1ccccn1. The van der Waals surface area contributed by atoms with Gasteiger partial charge in [0.1, 0.15) is 5.69 Å². The average Bonchev–Trinajstić information content (AvgIpc) is 3.05. The van der Waals surface area contributed by atoms with Crippen molar-refractivity contribution in [3.63, 3.8) is 0 Å². The topological polar surface area (TPSA) is 86.7 Å². The van der Waals surface area contributed by atoms with Gasteiger partial charge in [0, 0.05) is 43.2 Å². The highest BCUT2D eigenvalue weighted by atomic mass is 16.6. The molecule has 0 fully saturated rings. The molecule has 0 spiro atoms. The van der Waals surface area contributed by atoms with Gasteiger partial charge in [-0.3, -0.25) is 20.1 Å². The Hall–Kier alpha value is -3.61. The number of imidazole rings is 1. The van der Waals surface area contributed by atoms with E-state index in [-0.39, 0.29) is 5.69 Å². The number of rotatable bonds is 5. The molecule has 0 aliphatic rings. The number of nitro groups is 1. The van der Waals surface area contributed by atoms with Crippen molar-refractivity contribution in [1.29, 1.82) is 0 Å². The number of benzene rings is 1. The second kappa shape index (κ2) is 6.72. The second-order valence-corrected chi connectivity index (χ2v) is 5.80. The van der Waals surface area contributed by atoms with Crippen molar-refractivity contribution in [3.8, 4) is 11.5 Å². The molecule has 0 saturated heterocycles. The lowest BCUT2D eigenvalue weighted by molar-refractivity contribution is -0.384. The lowest BCUT2D eigenvalue weighted by Crippen LogP contribution is -2.05. The zero-order valence-electron chi connectivity index (χ0n) is 13.8. The van der Waals surface area contributed by atoms with Crippen molar-refractivity contribution in [2.24, 2.45) is 0 Å². The number of aromatic nitrogens is 4. The zero-order chi connectivity index (χ0) is 17.9. The van der Waals surface area contributed by atoms with E-state index >= 15 is 0 Å². The zero-order valence-corrected chi connectivity index (χ0v) is 13.8. The summed E-state index contributed by atoms with van der Waals surface area (Å²) in [6.07, 6.45) is 4.20. The molecular weight excluding hydrogens is 330 g/mol. The Bertz CT molecular complexity index is 1060. The summed E-state index contributed by atoms with van der Waals surface area (Å²) in [5.74, 6) is 0.692. The van der Waals surface area contributed by atoms with Crippen LogP contribution in [0.2, 0.25) is 0 Å². The number of nitro benzene ring substituents is 1. The van der Waals surface area contributed by atoms with E-state index in [1.165, 1.54) is 12.1 Å². The number of non-ortho nitro benzene ring substituents is 1. The van der Waals surface area contributed by atoms with Crippen LogP contribution in [0.4, 0.5) is 5.69 Å². The van der Waals surface area contributed by atoms with E-state index in [0.717, 1.165) is 23.3 Å². The standard InChI is InChI=1S/C19H15N5O2/c25-24(26)15-7-8-18-17(13-15)22-19(16-6-2-4-11-21-16)23(18)12-9-14-5-1-3-10-20-14/h1-8,10-11,13H,9,12H2. The minimum absolute atomic E-state index is 0.0273. The molecule has 128 valence electrons. The Morgan fingerprint density at radius 3 is 2.50 bits per heavy atom. The highest BCUT2D eigenvalue weighted by Gasteiger charge is 2.16. The van der Waals surface area contributed by atoms with E-state index in [9.17, 15) is 10.1 Å². The minimum atomic E-state index is -0.410. The second-order valence-electron chi connectivity index (χ2n) is 5.80. The molecule has 7 heteroatoms. The van der Waals surface area contributed by atoms with Crippen LogP contribution in [0.5, 0.6) is 0 Å². The van der Waals surface area contributed by atoms with Gasteiger partial charge < -0.3 is 4.57 Å². The summed E-state index contributed by atoms with van der Waals surface area (Å²) in [4.78, 5) is 24.0. The summed E-state index contributed by atoms with van der Waals surface area (Å²) in [6, 6.07) is 16.2. The van der Waals surface area contributed by atoms with Crippen LogP contribution < -0.4 is 0 Å². The number of aryl methyl sites for hydroxylation is 2. The molecule has 3 heterocycles. The molecule has 4 rings (SSSR count). The summed E-state index contributed by atoms with van der Waals surface area (Å²) in [6.45, 7) is 0.650. The first-order chi connectivity index (χ1) is 12.7. The Labute approximate surface area is 149 Å². The van der Waals surface area contributed by atoms with E-state index in [1.807, 2.05) is 41.0 Å². The summed E-state index contributed by atoms with van der Waals surface area (Å²) in [5, 5.41) is 11.1. The predicted octanol–water partition coefficient (Wildman–Crippen LogP) is 3.64. The first kappa shape index (κ1) is 15.9. The molecule has 0 bridgehead atoms. The van der Waals surface area contributed by atoms with E-state index in [2.05, 4.69) is 15.0 Å². The molecule has 0 aliphatic heterocycles. The van der Waals surface area contributed by atoms with Gasteiger partial charge in [-0.25, -0.2) is 4.98 Å². The number of hydrogen-bond acceptors (Lipinski definition) is 5. The van der Waals surface area contributed by atoms with Crippen LogP contribution in [0.1, 0.15) is 5.69 Å². The molecule has 0 N–H and O–H groups in total. The van der Waals surface area contributed by atoms with Crippen molar-refractivity contribution < 1.29 is 4.92 Å². The van der Waals surface area contributed by atoms with Gasteiger partial charge in [0.2, 0.25) is 0 Å². The fourth-order valence-corrected chi connectivity index (χ4v) is 2.92. The van der Waals surface area contributed by atoms with E-state index in [1.54, 1.807) is 18.5 Å². The molecule has 26 heavy (non-hydrogen) atoms. The first-order valence-corrected chi connectivity index (χ1v) is 8.18. The fourth-order valence-electron chi connectivity index (χ4n) is 2.92. The van der Waals surface area contributed by atoms with Gasteiger partial charge in [0.05, 0.1) is 16.0 Å². The van der Waals surface area contributed by atoms with Crippen molar-refractivity contribution in [2.45, 2.75) is 13.0 Å². The average molecular weight is 345 g/mol. The molecule has 7 nitrogen and oxygen atoms in total. The van der Waals surface area contributed by atoms with Crippen LogP contribution in [0.3, 0.4) is 0 Å². The Morgan fingerprint density at radius 1 is 1.00 bits per heavy atom. The summed E-state index contributed by atoms with van der Waals surface area (Å²) in [5.41, 5.74) is 3.16. The van der Waals surface area contributed by atoms with Gasteiger partial charge >= 0.3 is 0 Å². The lowest BCUT2D eigenvalue weighted by Gasteiger charge is -2.08. The quantitative estimate of drug-likeness (QED) is 0.407. The third-order valence-electron chi connectivity index (χ3n) is 4.15. The molecular formula is C19H15N5O2. The predicted molar refractivity (Wildman–Crippen MR) is 97.6 cm³/mol. The molecule has 0 atom stereocenters. The highest BCUT2D eigenvalue weighted by Crippen LogP contribution is 2.26. The van der Waals surface area contributed by atoms with E-state index in [4.69, 9.17) is 0 Å².